The first-order valence-electron chi connectivity index (χ1n) is 6.99. The number of nitrogens with one attached hydrogen (secondary N) is 1. The fourth-order valence-corrected chi connectivity index (χ4v) is 3.11. The van der Waals surface area contributed by atoms with Gasteiger partial charge >= 0.3 is 0 Å². The molecule has 1 atom stereocenters. The maximum absolute atomic E-state index is 13.5. The largest absolute Gasteiger partial charge is 0.316 e. The molecule has 2 aromatic rings. The molecule has 2 rings (SSSR count). The molecular formula is C17H18BrClFN. The van der Waals surface area contributed by atoms with Crippen molar-refractivity contribution in [2.24, 2.45) is 0 Å². The summed E-state index contributed by atoms with van der Waals surface area (Å²) in [6.45, 7) is 3.82. The first kappa shape index (κ1) is 16.5. The molecule has 0 amide bonds. The molecule has 112 valence electrons. The number of halogens is 3. The van der Waals surface area contributed by atoms with Crippen LogP contribution >= 0.6 is 27.5 Å². The number of hydrogen-bond donors (Lipinski definition) is 1. The van der Waals surface area contributed by atoms with E-state index < -0.39 is 0 Å². The molecule has 0 radical (unpaired) electrons. The highest BCUT2D eigenvalue weighted by Gasteiger charge is 2.13. The van der Waals surface area contributed by atoms with Crippen LogP contribution in [0.15, 0.2) is 46.9 Å². The Morgan fingerprint density at radius 1 is 1.24 bits per heavy atom. The average molecular weight is 371 g/mol. The minimum atomic E-state index is -0.215. The lowest BCUT2D eigenvalue weighted by Gasteiger charge is -2.18. The summed E-state index contributed by atoms with van der Waals surface area (Å²) in [5.74, 6) is 0.0463. The summed E-state index contributed by atoms with van der Waals surface area (Å²) in [6.07, 6.45) is 0.768. The highest BCUT2D eigenvalue weighted by atomic mass is 79.9. The van der Waals surface area contributed by atoms with Crippen molar-refractivity contribution in [2.75, 3.05) is 13.1 Å². The van der Waals surface area contributed by atoms with Crippen molar-refractivity contribution >= 4 is 27.5 Å². The van der Waals surface area contributed by atoms with Gasteiger partial charge in [0, 0.05) is 22.0 Å². The molecule has 2 aromatic carbocycles. The SMILES string of the molecule is CCNCC(Cc1cc(F)cc(Br)c1)c1cccc(Cl)c1. The van der Waals surface area contributed by atoms with Crippen molar-refractivity contribution in [3.8, 4) is 0 Å². The topological polar surface area (TPSA) is 12.0 Å². The van der Waals surface area contributed by atoms with Crippen molar-refractivity contribution in [2.45, 2.75) is 19.3 Å². The second-order valence-electron chi connectivity index (χ2n) is 5.04. The van der Waals surface area contributed by atoms with Crippen LogP contribution in [0.5, 0.6) is 0 Å². The fraction of sp³-hybridized carbons (Fsp3) is 0.294. The lowest BCUT2D eigenvalue weighted by atomic mass is 9.92. The standard InChI is InChI=1S/C17H18BrClFN/c1-2-21-11-14(13-4-3-5-16(19)9-13)6-12-7-15(18)10-17(20)8-12/h3-5,7-10,14,21H,2,6,11H2,1H3. The van der Waals surface area contributed by atoms with Gasteiger partial charge in [0.25, 0.3) is 0 Å². The molecule has 0 heterocycles. The molecule has 0 saturated heterocycles. The lowest BCUT2D eigenvalue weighted by molar-refractivity contribution is 0.588. The third-order valence-corrected chi connectivity index (χ3v) is 4.06. The summed E-state index contributed by atoms with van der Waals surface area (Å²) >= 11 is 9.44. The second-order valence-corrected chi connectivity index (χ2v) is 6.39. The van der Waals surface area contributed by atoms with E-state index in [1.807, 2.05) is 24.3 Å². The van der Waals surface area contributed by atoms with E-state index in [1.165, 1.54) is 11.6 Å². The number of hydrogen-bond acceptors (Lipinski definition) is 1. The van der Waals surface area contributed by atoms with Gasteiger partial charge in [0.1, 0.15) is 5.82 Å². The van der Waals surface area contributed by atoms with Crippen molar-refractivity contribution in [1.29, 1.82) is 0 Å². The number of likely N-dealkylation sites (N-methyl/N-ethyl adjacent to an activating group) is 1. The number of rotatable bonds is 6. The van der Waals surface area contributed by atoms with Crippen LogP contribution in [0.1, 0.15) is 24.0 Å². The first-order valence-corrected chi connectivity index (χ1v) is 8.16. The predicted molar refractivity (Wildman–Crippen MR) is 90.5 cm³/mol. The third kappa shape index (κ3) is 5.10. The van der Waals surface area contributed by atoms with Crippen molar-refractivity contribution in [3.63, 3.8) is 0 Å². The molecule has 4 heteroatoms. The first-order chi connectivity index (χ1) is 10.1. The average Bonchev–Trinajstić information content (AvgIpc) is 2.42. The molecule has 21 heavy (non-hydrogen) atoms. The van der Waals surface area contributed by atoms with Gasteiger partial charge in [-0.05, 0) is 54.4 Å². The van der Waals surface area contributed by atoms with Crippen LogP contribution in [0.2, 0.25) is 5.02 Å². The van der Waals surface area contributed by atoms with Crippen molar-refractivity contribution in [3.05, 3.63) is 68.9 Å². The highest BCUT2D eigenvalue weighted by molar-refractivity contribution is 9.10. The van der Waals surface area contributed by atoms with Gasteiger partial charge in [-0.2, -0.15) is 0 Å². The van der Waals surface area contributed by atoms with Gasteiger partial charge in [0.05, 0.1) is 0 Å². The molecule has 0 aromatic heterocycles. The molecule has 0 bridgehead atoms. The summed E-state index contributed by atoms with van der Waals surface area (Å²) in [6, 6.07) is 12.9. The zero-order chi connectivity index (χ0) is 15.2. The Morgan fingerprint density at radius 3 is 2.71 bits per heavy atom. The summed E-state index contributed by atoms with van der Waals surface area (Å²) < 4.78 is 14.3. The zero-order valence-electron chi connectivity index (χ0n) is 11.9. The Balaban J connectivity index is 2.23. The Morgan fingerprint density at radius 2 is 2.05 bits per heavy atom. The van der Waals surface area contributed by atoms with Gasteiger partial charge in [-0.1, -0.05) is 46.6 Å². The zero-order valence-corrected chi connectivity index (χ0v) is 14.2. The molecule has 1 N–H and O–H groups in total. The Hall–Kier alpha value is -0.900. The van der Waals surface area contributed by atoms with E-state index in [4.69, 9.17) is 11.6 Å². The Bertz CT molecular complexity index is 583. The second kappa shape index (κ2) is 7.92. The monoisotopic (exact) mass is 369 g/mol. The molecule has 1 nitrogen and oxygen atoms in total. The normalized spacial score (nSPS) is 12.4. The van der Waals surface area contributed by atoms with Crippen LogP contribution in [0.25, 0.3) is 0 Å². The van der Waals surface area contributed by atoms with Gasteiger partial charge in [-0.15, -0.1) is 0 Å². The fourth-order valence-electron chi connectivity index (χ4n) is 2.40. The van der Waals surface area contributed by atoms with Crippen LogP contribution in [-0.2, 0) is 6.42 Å². The molecule has 0 saturated carbocycles. The van der Waals surface area contributed by atoms with E-state index in [1.54, 1.807) is 6.07 Å². The summed E-state index contributed by atoms with van der Waals surface area (Å²) in [5.41, 5.74) is 2.15. The summed E-state index contributed by atoms with van der Waals surface area (Å²) in [4.78, 5) is 0. The van der Waals surface area contributed by atoms with Crippen LogP contribution in [0.3, 0.4) is 0 Å². The summed E-state index contributed by atoms with van der Waals surface area (Å²) in [5, 5.41) is 4.10. The lowest BCUT2D eigenvalue weighted by Crippen LogP contribution is -2.22. The van der Waals surface area contributed by atoms with E-state index in [0.717, 1.165) is 34.6 Å². The van der Waals surface area contributed by atoms with Crippen LogP contribution in [0, 0.1) is 5.82 Å². The molecule has 0 aliphatic heterocycles. The minimum absolute atomic E-state index is 0.215. The third-order valence-electron chi connectivity index (χ3n) is 3.37. The van der Waals surface area contributed by atoms with Crippen molar-refractivity contribution in [1.82, 2.24) is 5.32 Å². The van der Waals surface area contributed by atoms with E-state index in [9.17, 15) is 4.39 Å². The van der Waals surface area contributed by atoms with Gasteiger partial charge in [-0.25, -0.2) is 4.39 Å². The molecule has 1 unspecified atom stereocenters. The summed E-state index contributed by atoms with van der Waals surface area (Å²) in [7, 11) is 0. The number of benzene rings is 2. The van der Waals surface area contributed by atoms with Crippen molar-refractivity contribution < 1.29 is 4.39 Å². The Labute approximate surface area is 138 Å². The van der Waals surface area contributed by atoms with Gasteiger partial charge in [-0.3, -0.25) is 0 Å². The van der Waals surface area contributed by atoms with Crippen LogP contribution < -0.4 is 5.32 Å². The Kier molecular flexibility index (Phi) is 6.22. The van der Waals surface area contributed by atoms with E-state index in [0.29, 0.717) is 0 Å². The smallest absolute Gasteiger partial charge is 0.124 e. The maximum Gasteiger partial charge on any atom is 0.124 e. The van der Waals surface area contributed by atoms with E-state index in [-0.39, 0.29) is 11.7 Å². The minimum Gasteiger partial charge on any atom is -0.316 e. The molecule has 0 aliphatic rings. The maximum atomic E-state index is 13.5. The predicted octanol–water partition coefficient (Wildman–Crippen LogP) is 5.18. The van der Waals surface area contributed by atoms with Gasteiger partial charge in [0.15, 0.2) is 0 Å². The van der Waals surface area contributed by atoms with Crippen LogP contribution in [0.4, 0.5) is 4.39 Å². The molecular weight excluding hydrogens is 353 g/mol. The molecule has 0 fully saturated rings. The van der Waals surface area contributed by atoms with Gasteiger partial charge < -0.3 is 5.32 Å². The highest BCUT2D eigenvalue weighted by Crippen LogP contribution is 2.25. The molecule has 0 aliphatic carbocycles. The van der Waals surface area contributed by atoms with Gasteiger partial charge in [0.2, 0.25) is 0 Å². The van der Waals surface area contributed by atoms with Crippen LogP contribution in [-0.4, -0.2) is 13.1 Å². The molecule has 0 spiro atoms. The van der Waals surface area contributed by atoms with E-state index >= 15 is 0 Å². The quantitative estimate of drug-likeness (QED) is 0.739. The van der Waals surface area contributed by atoms with E-state index in [2.05, 4.69) is 34.2 Å².